The number of hydrogen-bond acceptors (Lipinski definition) is 3. The van der Waals surface area contributed by atoms with Gasteiger partial charge in [-0.15, -0.1) is 0 Å². The molecule has 0 spiro atoms. The number of rotatable bonds is 7. The molecule has 134 valence electrons. The Hall–Kier alpha value is -1.88. The predicted octanol–water partition coefficient (Wildman–Crippen LogP) is 2.35. The Balaban J connectivity index is 2.76. The molecular formula is C19H30N2O3. The fourth-order valence-corrected chi connectivity index (χ4v) is 2.54. The Bertz CT molecular complexity index is 535. The molecule has 3 N–H and O–H groups in total. The molecule has 0 aromatic heterocycles. The van der Waals surface area contributed by atoms with E-state index in [0.717, 1.165) is 0 Å². The number of nitrogens with one attached hydrogen (secondary N) is 2. The Kier molecular flexibility index (Phi) is 7.42. The van der Waals surface area contributed by atoms with E-state index in [9.17, 15) is 14.7 Å². The summed E-state index contributed by atoms with van der Waals surface area (Å²) in [5.74, 6) is -0.606. The predicted molar refractivity (Wildman–Crippen MR) is 95.6 cm³/mol. The summed E-state index contributed by atoms with van der Waals surface area (Å²) in [5.41, 5.74) is 0.505. The summed E-state index contributed by atoms with van der Waals surface area (Å²) in [6.07, 6.45) is 0.659. The lowest BCUT2D eigenvalue weighted by atomic mass is 9.88. The maximum absolute atomic E-state index is 12.6. The van der Waals surface area contributed by atoms with Gasteiger partial charge >= 0.3 is 0 Å². The summed E-state index contributed by atoms with van der Waals surface area (Å²) in [6.45, 7) is 9.80. The molecule has 0 aliphatic rings. The van der Waals surface area contributed by atoms with Gasteiger partial charge in [0.15, 0.2) is 0 Å². The number of benzene rings is 1. The van der Waals surface area contributed by atoms with E-state index in [2.05, 4.69) is 31.4 Å². The van der Waals surface area contributed by atoms with Gasteiger partial charge in [-0.3, -0.25) is 9.59 Å². The van der Waals surface area contributed by atoms with Gasteiger partial charge in [0, 0.05) is 5.56 Å². The molecule has 2 amide bonds. The van der Waals surface area contributed by atoms with Crippen LogP contribution in [-0.2, 0) is 4.79 Å². The Morgan fingerprint density at radius 3 is 2.12 bits per heavy atom. The summed E-state index contributed by atoms with van der Waals surface area (Å²) in [4.78, 5) is 24.9. The zero-order valence-corrected chi connectivity index (χ0v) is 15.3. The average molecular weight is 334 g/mol. The van der Waals surface area contributed by atoms with Crippen LogP contribution in [0.2, 0.25) is 0 Å². The van der Waals surface area contributed by atoms with Crippen molar-refractivity contribution >= 4 is 11.8 Å². The Morgan fingerprint density at radius 1 is 1.08 bits per heavy atom. The smallest absolute Gasteiger partial charge is 0.251 e. The van der Waals surface area contributed by atoms with Crippen LogP contribution in [0.4, 0.5) is 0 Å². The van der Waals surface area contributed by atoms with Crippen LogP contribution in [0.3, 0.4) is 0 Å². The molecule has 0 aliphatic heterocycles. The summed E-state index contributed by atoms with van der Waals surface area (Å²) in [7, 11) is 0. The molecule has 5 nitrogen and oxygen atoms in total. The molecule has 24 heavy (non-hydrogen) atoms. The van der Waals surface area contributed by atoms with Crippen molar-refractivity contribution in [3.63, 3.8) is 0 Å². The number of hydrogen-bond donors (Lipinski definition) is 3. The molecule has 0 radical (unpaired) electrons. The van der Waals surface area contributed by atoms with Crippen LogP contribution < -0.4 is 10.6 Å². The molecule has 0 bridgehead atoms. The molecule has 2 unspecified atom stereocenters. The van der Waals surface area contributed by atoms with Crippen molar-refractivity contribution in [2.75, 3.05) is 6.61 Å². The second-order valence-electron chi connectivity index (χ2n) is 7.71. The summed E-state index contributed by atoms with van der Waals surface area (Å²) >= 11 is 0. The first-order valence-electron chi connectivity index (χ1n) is 8.41. The zero-order chi connectivity index (χ0) is 18.3. The van der Waals surface area contributed by atoms with E-state index in [0.29, 0.717) is 12.0 Å². The fourth-order valence-electron chi connectivity index (χ4n) is 2.54. The monoisotopic (exact) mass is 334 g/mol. The van der Waals surface area contributed by atoms with Gasteiger partial charge < -0.3 is 15.7 Å². The van der Waals surface area contributed by atoms with Gasteiger partial charge in [-0.25, -0.2) is 0 Å². The second-order valence-corrected chi connectivity index (χ2v) is 7.71. The number of aliphatic hydroxyl groups excluding tert-OH is 1. The Morgan fingerprint density at radius 2 is 1.67 bits per heavy atom. The van der Waals surface area contributed by atoms with E-state index in [1.54, 1.807) is 24.3 Å². The van der Waals surface area contributed by atoms with Crippen LogP contribution >= 0.6 is 0 Å². The Labute approximate surface area is 144 Å². The highest BCUT2D eigenvalue weighted by atomic mass is 16.3. The quantitative estimate of drug-likeness (QED) is 0.716. The molecule has 0 aliphatic carbocycles. The number of carbonyl (C=O) groups excluding carboxylic acids is 2. The first-order valence-corrected chi connectivity index (χ1v) is 8.41. The normalized spacial score (nSPS) is 14.1. The third kappa shape index (κ3) is 6.71. The maximum Gasteiger partial charge on any atom is 0.251 e. The van der Waals surface area contributed by atoms with Crippen LogP contribution in [-0.4, -0.2) is 35.6 Å². The molecular weight excluding hydrogens is 304 g/mol. The number of aliphatic hydroxyl groups is 1. The van der Waals surface area contributed by atoms with E-state index in [-0.39, 0.29) is 35.8 Å². The highest BCUT2D eigenvalue weighted by Gasteiger charge is 2.27. The third-order valence-electron chi connectivity index (χ3n) is 3.70. The average Bonchev–Trinajstić information content (AvgIpc) is 2.50. The van der Waals surface area contributed by atoms with Gasteiger partial charge in [0.2, 0.25) is 5.91 Å². The van der Waals surface area contributed by atoms with Gasteiger partial charge in [-0.1, -0.05) is 52.8 Å². The first-order chi connectivity index (χ1) is 11.1. The van der Waals surface area contributed by atoms with Crippen LogP contribution in [0.15, 0.2) is 30.3 Å². The lowest BCUT2D eigenvalue weighted by Crippen LogP contribution is -2.53. The minimum absolute atomic E-state index is 0.0126. The van der Waals surface area contributed by atoms with Crippen molar-refractivity contribution in [3.8, 4) is 0 Å². The molecule has 5 heteroatoms. The SMILES string of the molecule is CC(C)C(NC(=O)c1ccccc1)C(=O)NC(CO)CC(C)(C)C. The van der Waals surface area contributed by atoms with Crippen molar-refractivity contribution in [1.82, 2.24) is 10.6 Å². The largest absolute Gasteiger partial charge is 0.394 e. The topological polar surface area (TPSA) is 78.4 Å². The van der Waals surface area contributed by atoms with E-state index >= 15 is 0 Å². The van der Waals surface area contributed by atoms with Gasteiger partial charge in [-0.05, 0) is 29.9 Å². The summed E-state index contributed by atoms with van der Waals surface area (Å²) in [5, 5.41) is 15.2. The fraction of sp³-hybridized carbons (Fsp3) is 0.579. The van der Waals surface area contributed by atoms with Crippen molar-refractivity contribution in [1.29, 1.82) is 0 Å². The lowest BCUT2D eigenvalue weighted by Gasteiger charge is -2.28. The molecule has 2 atom stereocenters. The van der Waals surface area contributed by atoms with Crippen molar-refractivity contribution in [2.24, 2.45) is 11.3 Å². The van der Waals surface area contributed by atoms with Gasteiger partial charge in [-0.2, -0.15) is 0 Å². The van der Waals surface area contributed by atoms with Crippen molar-refractivity contribution in [3.05, 3.63) is 35.9 Å². The summed E-state index contributed by atoms with van der Waals surface area (Å²) in [6, 6.07) is 7.84. The molecule has 1 aromatic carbocycles. The molecule has 0 fully saturated rings. The zero-order valence-electron chi connectivity index (χ0n) is 15.3. The lowest BCUT2D eigenvalue weighted by molar-refractivity contribution is -0.125. The highest BCUT2D eigenvalue weighted by molar-refractivity contribution is 5.97. The molecule has 1 aromatic rings. The van der Waals surface area contributed by atoms with E-state index in [1.807, 2.05) is 19.9 Å². The van der Waals surface area contributed by atoms with Crippen LogP contribution in [0.25, 0.3) is 0 Å². The second kappa shape index (κ2) is 8.83. The molecule has 0 saturated heterocycles. The summed E-state index contributed by atoms with van der Waals surface area (Å²) < 4.78 is 0. The molecule has 0 saturated carbocycles. The van der Waals surface area contributed by atoms with Crippen LogP contribution in [0.1, 0.15) is 51.4 Å². The minimum Gasteiger partial charge on any atom is -0.394 e. The molecule has 1 rings (SSSR count). The first kappa shape index (κ1) is 20.2. The van der Waals surface area contributed by atoms with Crippen LogP contribution in [0, 0.1) is 11.3 Å². The maximum atomic E-state index is 12.6. The number of amides is 2. The van der Waals surface area contributed by atoms with Crippen molar-refractivity contribution in [2.45, 2.75) is 53.1 Å². The molecule has 0 heterocycles. The van der Waals surface area contributed by atoms with Gasteiger partial charge in [0.05, 0.1) is 12.6 Å². The van der Waals surface area contributed by atoms with Crippen LogP contribution in [0.5, 0.6) is 0 Å². The van der Waals surface area contributed by atoms with E-state index in [4.69, 9.17) is 0 Å². The highest BCUT2D eigenvalue weighted by Crippen LogP contribution is 2.20. The minimum atomic E-state index is -0.647. The number of carbonyl (C=O) groups is 2. The van der Waals surface area contributed by atoms with Gasteiger partial charge in [0.1, 0.15) is 6.04 Å². The van der Waals surface area contributed by atoms with Gasteiger partial charge in [0.25, 0.3) is 5.91 Å². The van der Waals surface area contributed by atoms with E-state index in [1.165, 1.54) is 0 Å². The standard InChI is InChI=1S/C19H30N2O3/c1-13(2)16(21-17(23)14-9-7-6-8-10-14)18(24)20-15(12-22)11-19(3,4)5/h6-10,13,15-16,22H,11-12H2,1-5H3,(H,20,24)(H,21,23). The third-order valence-corrected chi connectivity index (χ3v) is 3.70. The van der Waals surface area contributed by atoms with Crippen molar-refractivity contribution < 1.29 is 14.7 Å². The van der Waals surface area contributed by atoms with E-state index < -0.39 is 6.04 Å².